The van der Waals surface area contributed by atoms with Crippen LogP contribution in [-0.2, 0) is 20.9 Å². The number of thiazole rings is 1. The highest BCUT2D eigenvalue weighted by Gasteiger charge is 2.30. The van der Waals surface area contributed by atoms with Crippen LogP contribution in [-0.4, -0.2) is 44.0 Å². The van der Waals surface area contributed by atoms with Crippen LogP contribution in [0, 0.1) is 6.92 Å². The summed E-state index contributed by atoms with van der Waals surface area (Å²) in [7, 11) is 0. The van der Waals surface area contributed by atoms with E-state index in [1.807, 2.05) is 0 Å². The quantitative estimate of drug-likeness (QED) is 0.427. The zero-order valence-corrected chi connectivity index (χ0v) is 21.5. The van der Waals surface area contributed by atoms with Crippen LogP contribution in [0.15, 0.2) is 28.4 Å². The zero-order valence-electron chi connectivity index (χ0n) is 20.7. The van der Waals surface area contributed by atoms with Gasteiger partial charge in [-0.3, -0.25) is 29.1 Å². The second-order valence-electron chi connectivity index (χ2n) is 9.44. The Bertz CT molecular complexity index is 1470. The van der Waals surface area contributed by atoms with Gasteiger partial charge in [0.25, 0.3) is 11.5 Å². The lowest BCUT2D eigenvalue weighted by Crippen LogP contribution is -2.45. The van der Waals surface area contributed by atoms with Gasteiger partial charge in [0.2, 0.25) is 11.8 Å². The second-order valence-corrected chi connectivity index (χ2v) is 10.4. The molecule has 4 amide bonds. The van der Waals surface area contributed by atoms with Gasteiger partial charge in [0.15, 0.2) is 0 Å². The number of imide groups is 1. The van der Waals surface area contributed by atoms with Crippen LogP contribution >= 0.6 is 11.3 Å². The molecule has 1 atom stereocenters. The van der Waals surface area contributed by atoms with E-state index in [9.17, 15) is 24.0 Å². The molecule has 1 aromatic carbocycles. The van der Waals surface area contributed by atoms with E-state index < -0.39 is 35.1 Å². The van der Waals surface area contributed by atoms with E-state index in [4.69, 9.17) is 4.74 Å². The van der Waals surface area contributed by atoms with Crippen molar-refractivity contribution in [1.82, 2.24) is 25.2 Å². The molecule has 194 valence electrons. The van der Waals surface area contributed by atoms with Crippen molar-refractivity contribution in [2.75, 3.05) is 5.32 Å². The first-order valence-corrected chi connectivity index (χ1v) is 12.4. The predicted molar refractivity (Wildman–Crippen MR) is 135 cm³/mol. The maximum absolute atomic E-state index is 13.3. The largest absolute Gasteiger partial charge is 0.444 e. The minimum atomic E-state index is -0.844. The van der Waals surface area contributed by atoms with Gasteiger partial charge in [0.1, 0.15) is 33.7 Å². The summed E-state index contributed by atoms with van der Waals surface area (Å²) >= 11 is 1.20. The molecule has 4 rings (SSSR count). The SMILES string of the molecule is Cc1nc2c(NC(=O)c3csc(CNC(=O)OC(C)(C)C)n3)cccc2c(=O)n1C1CCC(=O)NC1=O. The van der Waals surface area contributed by atoms with Crippen LogP contribution in [0.3, 0.4) is 0 Å². The molecule has 37 heavy (non-hydrogen) atoms. The Kier molecular flexibility index (Phi) is 7.07. The van der Waals surface area contributed by atoms with E-state index in [1.54, 1.807) is 51.3 Å². The molecular formula is C24H26N6O6S. The number of rotatable bonds is 5. The predicted octanol–water partition coefficient (Wildman–Crippen LogP) is 2.42. The van der Waals surface area contributed by atoms with E-state index in [1.165, 1.54) is 15.9 Å². The summed E-state index contributed by atoms with van der Waals surface area (Å²) in [6, 6.07) is 3.93. The highest BCUT2D eigenvalue weighted by molar-refractivity contribution is 7.09. The Morgan fingerprint density at radius 1 is 1.22 bits per heavy atom. The highest BCUT2D eigenvalue weighted by atomic mass is 32.1. The minimum Gasteiger partial charge on any atom is -0.444 e. The average Bonchev–Trinajstić information content (AvgIpc) is 3.28. The molecule has 0 saturated carbocycles. The van der Waals surface area contributed by atoms with E-state index in [0.29, 0.717) is 10.7 Å². The molecule has 0 aliphatic carbocycles. The van der Waals surface area contributed by atoms with Crippen molar-refractivity contribution in [2.45, 2.75) is 58.7 Å². The Labute approximate surface area is 215 Å². The summed E-state index contributed by atoms with van der Waals surface area (Å²) in [5, 5.41) is 9.87. The number of carbonyl (C=O) groups is 4. The Balaban J connectivity index is 1.53. The molecule has 3 N–H and O–H groups in total. The number of fused-ring (bicyclic) bond motifs is 1. The van der Waals surface area contributed by atoms with E-state index in [-0.39, 0.29) is 47.7 Å². The lowest BCUT2D eigenvalue weighted by Gasteiger charge is -2.24. The van der Waals surface area contributed by atoms with Gasteiger partial charge >= 0.3 is 6.09 Å². The van der Waals surface area contributed by atoms with Crippen molar-refractivity contribution in [3.05, 3.63) is 50.5 Å². The Morgan fingerprint density at radius 2 is 1.97 bits per heavy atom. The smallest absolute Gasteiger partial charge is 0.408 e. The van der Waals surface area contributed by atoms with Crippen molar-refractivity contribution in [2.24, 2.45) is 0 Å². The lowest BCUT2D eigenvalue weighted by molar-refractivity contribution is -0.135. The monoisotopic (exact) mass is 526 g/mol. The number of benzene rings is 1. The van der Waals surface area contributed by atoms with Crippen LogP contribution in [0.1, 0.15) is 61.0 Å². The van der Waals surface area contributed by atoms with Crippen molar-refractivity contribution in [1.29, 1.82) is 0 Å². The van der Waals surface area contributed by atoms with Crippen molar-refractivity contribution >= 4 is 51.7 Å². The number of para-hydroxylation sites is 1. The first-order chi connectivity index (χ1) is 17.4. The molecule has 0 radical (unpaired) electrons. The average molecular weight is 527 g/mol. The molecule has 1 fully saturated rings. The number of carbonyl (C=O) groups excluding carboxylic acids is 4. The number of amides is 4. The van der Waals surface area contributed by atoms with Crippen LogP contribution in [0.2, 0.25) is 0 Å². The number of aryl methyl sites for hydroxylation is 1. The van der Waals surface area contributed by atoms with Crippen molar-refractivity contribution in [3.8, 4) is 0 Å². The van der Waals surface area contributed by atoms with Gasteiger partial charge in [0.05, 0.1) is 17.6 Å². The minimum absolute atomic E-state index is 0.0990. The van der Waals surface area contributed by atoms with Crippen molar-refractivity contribution < 1.29 is 23.9 Å². The molecule has 13 heteroatoms. The van der Waals surface area contributed by atoms with Crippen molar-refractivity contribution in [3.63, 3.8) is 0 Å². The number of piperidine rings is 1. The van der Waals surface area contributed by atoms with Gasteiger partial charge in [-0.05, 0) is 46.2 Å². The molecule has 1 aliphatic heterocycles. The fourth-order valence-electron chi connectivity index (χ4n) is 3.87. The fraction of sp³-hybridized carbons (Fsp3) is 0.375. The second kappa shape index (κ2) is 10.1. The summed E-state index contributed by atoms with van der Waals surface area (Å²) in [4.78, 5) is 70.6. The molecule has 2 aromatic heterocycles. The van der Waals surface area contributed by atoms with Crippen LogP contribution in [0.4, 0.5) is 10.5 Å². The van der Waals surface area contributed by atoms with Crippen LogP contribution in [0.25, 0.3) is 10.9 Å². The third kappa shape index (κ3) is 5.82. The third-order valence-electron chi connectivity index (χ3n) is 5.44. The third-order valence-corrected chi connectivity index (χ3v) is 6.29. The highest BCUT2D eigenvalue weighted by Crippen LogP contribution is 2.24. The van der Waals surface area contributed by atoms with Gasteiger partial charge in [0, 0.05) is 11.8 Å². The molecule has 0 bridgehead atoms. The van der Waals surface area contributed by atoms with Gasteiger partial charge < -0.3 is 15.4 Å². The molecule has 1 aliphatic rings. The normalized spacial score (nSPS) is 15.8. The van der Waals surface area contributed by atoms with Gasteiger partial charge in [-0.25, -0.2) is 14.8 Å². The molecule has 3 aromatic rings. The maximum atomic E-state index is 13.3. The molecule has 0 spiro atoms. The number of nitrogens with zero attached hydrogens (tertiary/aromatic N) is 3. The van der Waals surface area contributed by atoms with E-state index in [0.717, 1.165) is 0 Å². The standard InChI is InChI=1S/C24H26N6O6S/c1-12-26-19-13(22(34)30(12)16-8-9-17(31)29-21(16)33)6-5-7-14(19)28-20(32)15-11-37-18(27-15)10-25-23(35)36-24(2,3)4/h5-7,11,16H,8-10H2,1-4H3,(H,25,35)(H,28,32)(H,29,31,33). The summed E-state index contributed by atoms with van der Waals surface area (Å²) in [5.41, 5.74) is -0.370. The number of hydrogen-bond acceptors (Lipinski definition) is 9. The summed E-state index contributed by atoms with van der Waals surface area (Å²) < 4.78 is 6.46. The first-order valence-electron chi connectivity index (χ1n) is 11.5. The first kappa shape index (κ1) is 25.9. The number of alkyl carbamates (subject to hydrolysis) is 1. The molecule has 1 unspecified atom stereocenters. The van der Waals surface area contributed by atoms with Gasteiger partial charge in [-0.2, -0.15) is 0 Å². The molecular weight excluding hydrogens is 500 g/mol. The van der Waals surface area contributed by atoms with Crippen LogP contribution < -0.4 is 21.5 Å². The molecule has 12 nitrogen and oxygen atoms in total. The fourth-order valence-corrected chi connectivity index (χ4v) is 4.58. The van der Waals surface area contributed by atoms with E-state index in [2.05, 4.69) is 25.9 Å². The number of aromatic nitrogens is 3. The summed E-state index contributed by atoms with van der Waals surface area (Å²) in [6.07, 6.45) is -0.266. The lowest BCUT2D eigenvalue weighted by atomic mass is 10.1. The molecule has 3 heterocycles. The van der Waals surface area contributed by atoms with Crippen LogP contribution in [0.5, 0.6) is 0 Å². The summed E-state index contributed by atoms with van der Waals surface area (Å²) in [5.74, 6) is -1.16. The Hall–Kier alpha value is -4.13. The number of anilines is 1. The van der Waals surface area contributed by atoms with E-state index >= 15 is 0 Å². The van der Waals surface area contributed by atoms with Gasteiger partial charge in [-0.1, -0.05) is 6.07 Å². The summed E-state index contributed by atoms with van der Waals surface area (Å²) in [6.45, 7) is 6.96. The number of ether oxygens (including phenoxy) is 1. The van der Waals surface area contributed by atoms with Gasteiger partial charge in [-0.15, -0.1) is 11.3 Å². The Morgan fingerprint density at radius 3 is 2.68 bits per heavy atom. The topological polar surface area (TPSA) is 161 Å². The number of nitrogens with one attached hydrogen (secondary N) is 3. The zero-order chi connectivity index (χ0) is 26.9. The maximum Gasteiger partial charge on any atom is 0.408 e. The molecule has 1 saturated heterocycles. The number of hydrogen-bond donors (Lipinski definition) is 3.